The number of ether oxygens (including phenoxy) is 1. The van der Waals surface area contributed by atoms with Gasteiger partial charge in [0.25, 0.3) is 18.2 Å². The van der Waals surface area contributed by atoms with Gasteiger partial charge in [0, 0.05) is 48.7 Å². The molecule has 0 saturated heterocycles. The summed E-state index contributed by atoms with van der Waals surface area (Å²) in [5.74, 6) is -0.380. The van der Waals surface area contributed by atoms with Gasteiger partial charge >= 0.3 is 0 Å². The monoisotopic (exact) mass is 447 g/mol. The lowest BCUT2D eigenvalue weighted by molar-refractivity contribution is 0.0712. The first-order chi connectivity index (χ1) is 15.2. The number of likely N-dealkylation sites (N-methyl/N-ethyl adjacent to an activating group) is 1. The first-order valence-electron chi connectivity index (χ1n) is 10.3. The van der Waals surface area contributed by atoms with Gasteiger partial charge in [-0.05, 0) is 45.6 Å². The van der Waals surface area contributed by atoms with Crippen LogP contribution in [-0.4, -0.2) is 71.8 Å². The standard InChI is InChI=1S/C22H27F2N5O3/c1-13-9-15(10-27-21(13)32-12-18(23)24)14(2)29-11-17-16(22(29)31)5-6-25-19(17)20(30)26-7-8-28(3)4/h5-6,9-10,14,18H,7-8,11-12H2,1-4H3,(H,26,30). The van der Waals surface area contributed by atoms with Crippen LogP contribution in [0.5, 0.6) is 5.88 Å². The molecule has 8 nitrogen and oxygen atoms in total. The molecule has 3 heterocycles. The molecular formula is C22H27F2N5O3. The molecule has 1 aliphatic heterocycles. The van der Waals surface area contributed by atoms with Crippen LogP contribution in [-0.2, 0) is 6.54 Å². The van der Waals surface area contributed by atoms with E-state index in [0.717, 1.165) is 5.56 Å². The Morgan fingerprint density at radius 2 is 2.09 bits per heavy atom. The average molecular weight is 447 g/mol. The van der Waals surface area contributed by atoms with E-state index in [9.17, 15) is 18.4 Å². The van der Waals surface area contributed by atoms with E-state index >= 15 is 0 Å². The maximum atomic E-state index is 13.1. The van der Waals surface area contributed by atoms with E-state index in [1.807, 2.05) is 25.9 Å². The summed E-state index contributed by atoms with van der Waals surface area (Å²) in [7, 11) is 3.83. The molecule has 0 aliphatic carbocycles. The molecule has 2 aromatic heterocycles. The molecule has 1 aliphatic rings. The van der Waals surface area contributed by atoms with Crippen LogP contribution in [0.2, 0.25) is 0 Å². The number of hydrogen-bond acceptors (Lipinski definition) is 6. The number of fused-ring (bicyclic) bond motifs is 1. The lowest BCUT2D eigenvalue weighted by Crippen LogP contribution is -2.32. The molecule has 0 saturated carbocycles. The van der Waals surface area contributed by atoms with E-state index in [0.29, 0.717) is 29.8 Å². The van der Waals surface area contributed by atoms with Gasteiger partial charge in [0.05, 0.1) is 6.04 Å². The van der Waals surface area contributed by atoms with Gasteiger partial charge in [-0.25, -0.2) is 13.8 Å². The molecule has 0 radical (unpaired) electrons. The molecule has 1 N–H and O–H groups in total. The van der Waals surface area contributed by atoms with Gasteiger partial charge in [-0.3, -0.25) is 14.6 Å². The van der Waals surface area contributed by atoms with Crippen molar-refractivity contribution in [2.24, 2.45) is 0 Å². The average Bonchev–Trinajstić information content (AvgIpc) is 3.08. The third-order valence-electron chi connectivity index (χ3n) is 5.28. The Labute approximate surface area is 185 Å². The molecule has 1 unspecified atom stereocenters. The van der Waals surface area contributed by atoms with Crippen molar-refractivity contribution in [3.8, 4) is 5.88 Å². The zero-order chi connectivity index (χ0) is 23.4. The van der Waals surface area contributed by atoms with Gasteiger partial charge in [-0.15, -0.1) is 0 Å². The minimum absolute atomic E-state index is 0.137. The lowest BCUT2D eigenvalue weighted by atomic mass is 10.1. The van der Waals surface area contributed by atoms with Crippen LogP contribution >= 0.6 is 0 Å². The van der Waals surface area contributed by atoms with E-state index in [1.165, 1.54) is 12.4 Å². The number of carbonyl (C=O) groups is 2. The van der Waals surface area contributed by atoms with Gasteiger partial charge in [-0.1, -0.05) is 0 Å². The number of hydrogen-bond donors (Lipinski definition) is 1. The van der Waals surface area contributed by atoms with Crippen molar-refractivity contribution in [1.82, 2.24) is 25.1 Å². The number of aryl methyl sites for hydroxylation is 1. The van der Waals surface area contributed by atoms with Gasteiger partial charge in [0.15, 0.2) is 6.61 Å². The molecule has 0 fully saturated rings. The zero-order valence-corrected chi connectivity index (χ0v) is 18.6. The number of halogens is 2. The molecule has 3 rings (SSSR count). The van der Waals surface area contributed by atoms with E-state index in [-0.39, 0.29) is 36.0 Å². The van der Waals surface area contributed by atoms with Gasteiger partial charge in [0.1, 0.15) is 5.69 Å². The summed E-state index contributed by atoms with van der Waals surface area (Å²) in [6, 6.07) is 3.03. The van der Waals surface area contributed by atoms with E-state index in [2.05, 4.69) is 15.3 Å². The maximum Gasteiger partial charge on any atom is 0.272 e. The SMILES string of the molecule is Cc1cc(C(C)N2Cc3c(ccnc3C(=O)NCCN(C)C)C2=O)cnc1OCC(F)F. The summed E-state index contributed by atoms with van der Waals surface area (Å²) in [6.45, 7) is 4.23. The second-order valence-corrected chi connectivity index (χ2v) is 7.95. The highest BCUT2D eigenvalue weighted by atomic mass is 19.3. The minimum Gasteiger partial charge on any atom is -0.471 e. The smallest absolute Gasteiger partial charge is 0.272 e. The Morgan fingerprint density at radius 1 is 1.34 bits per heavy atom. The second kappa shape index (κ2) is 9.99. The number of nitrogens with one attached hydrogen (secondary N) is 1. The largest absolute Gasteiger partial charge is 0.471 e. The zero-order valence-electron chi connectivity index (χ0n) is 18.6. The van der Waals surface area contributed by atoms with Crippen molar-refractivity contribution in [2.45, 2.75) is 32.9 Å². The highest BCUT2D eigenvalue weighted by Crippen LogP contribution is 2.33. The topological polar surface area (TPSA) is 87.7 Å². The molecule has 172 valence electrons. The van der Waals surface area contributed by atoms with Crippen LogP contribution in [0.1, 0.15) is 50.5 Å². The van der Waals surface area contributed by atoms with Crippen molar-refractivity contribution in [1.29, 1.82) is 0 Å². The Morgan fingerprint density at radius 3 is 2.75 bits per heavy atom. The highest BCUT2D eigenvalue weighted by molar-refractivity contribution is 6.03. The summed E-state index contributed by atoms with van der Waals surface area (Å²) >= 11 is 0. The molecule has 10 heteroatoms. The number of nitrogens with zero attached hydrogens (tertiary/aromatic N) is 4. The predicted octanol–water partition coefficient (Wildman–Crippen LogP) is 2.44. The fraction of sp³-hybridized carbons (Fsp3) is 0.455. The third-order valence-corrected chi connectivity index (χ3v) is 5.28. The molecule has 32 heavy (non-hydrogen) atoms. The second-order valence-electron chi connectivity index (χ2n) is 7.95. The van der Waals surface area contributed by atoms with Crippen molar-refractivity contribution in [2.75, 3.05) is 33.8 Å². The van der Waals surface area contributed by atoms with Crippen molar-refractivity contribution < 1.29 is 23.1 Å². The van der Waals surface area contributed by atoms with Crippen molar-refractivity contribution in [3.63, 3.8) is 0 Å². The fourth-order valence-corrected chi connectivity index (χ4v) is 3.52. The number of alkyl halides is 2. The summed E-state index contributed by atoms with van der Waals surface area (Å²) in [5.41, 5.74) is 2.62. The highest BCUT2D eigenvalue weighted by Gasteiger charge is 2.35. The van der Waals surface area contributed by atoms with Gasteiger partial charge in [0.2, 0.25) is 5.88 Å². The summed E-state index contributed by atoms with van der Waals surface area (Å²) in [5, 5.41) is 2.83. The number of pyridine rings is 2. The van der Waals surface area contributed by atoms with Crippen LogP contribution in [0.3, 0.4) is 0 Å². The lowest BCUT2D eigenvalue weighted by Gasteiger charge is -2.25. The maximum absolute atomic E-state index is 13.1. The molecule has 2 amide bonds. The molecular weight excluding hydrogens is 420 g/mol. The number of amides is 2. The Kier molecular flexibility index (Phi) is 7.34. The number of carbonyl (C=O) groups excluding carboxylic acids is 2. The molecule has 0 aromatic carbocycles. The van der Waals surface area contributed by atoms with Gasteiger partial charge < -0.3 is 19.9 Å². The van der Waals surface area contributed by atoms with Gasteiger partial charge in [-0.2, -0.15) is 0 Å². The molecule has 1 atom stereocenters. The molecule has 2 aromatic rings. The molecule has 0 spiro atoms. The Balaban J connectivity index is 1.76. The van der Waals surface area contributed by atoms with E-state index in [4.69, 9.17) is 4.74 Å². The van der Waals surface area contributed by atoms with Crippen LogP contribution < -0.4 is 10.1 Å². The summed E-state index contributed by atoms with van der Waals surface area (Å²) < 4.78 is 29.8. The molecule has 0 bridgehead atoms. The van der Waals surface area contributed by atoms with E-state index in [1.54, 1.807) is 24.0 Å². The van der Waals surface area contributed by atoms with Crippen LogP contribution in [0.15, 0.2) is 24.5 Å². The predicted molar refractivity (Wildman–Crippen MR) is 114 cm³/mol. The van der Waals surface area contributed by atoms with Crippen LogP contribution in [0, 0.1) is 6.92 Å². The quantitative estimate of drug-likeness (QED) is 0.635. The number of rotatable bonds is 9. The third kappa shape index (κ3) is 5.18. The van der Waals surface area contributed by atoms with Crippen molar-refractivity contribution in [3.05, 3.63) is 52.5 Å². The van der Waals surface area contributed by atoms with Crippen LogP contribution in [0.25, 0.3) is 0 Å². The Hall–Kier alpha value is -3.14. The first-order valence-corrected chi connectivity index (χ1v) is 10.3. The Bertz CT molecular complexity index is 1000. The summed E-state index contributed by atoms with van der Waals surface area (Å²) in [4.78, 5) is 37.6. The minimum atomic E-state index is -2.58. The summed E-state index contributed by atoms with van der Waals surface area (Å²) in [6.07, 6.45) is 0.396. The first kappa shape index (κ1) is 23.5. The fourth-order valence-electron chi connectivity index (χ4n) is 3.52. The van der Waals surface area contributed by atoms with Crippen molar-refractivity contribution >= 4 is 11.8 Å². The normalized spacial score (nSPS) is 14.1. The van der Waals surface area contributed by atoms with Crippen LogP contribution in [0.4, 0.5) is 8.78 Å². The van der Waals surface area contributed by atoms with E-state index < -0.39 is 13.0 Å². The number of aromatic nitrogens is 2.